The minimum atomic E-state index is -0.0279. The van der Waals surface area contributed by atoms with Crippen LogP contribution in [0.25, 0.3) is 0 Å². The summed E-state index contributed by atoms with van der Waals surface area (Å²) in [6.07, 6.45) is 1.80. The van der Waals surface area contributed by atoms with Crippen molar-refractivity contribution in [2.75, 3.05) is 6.54 Å². The monoisotopic (exact) mass is 268 g/mol. The van der Waals surface area contributed by atoms with Gasteiger partial charge in [-0.3, -0.25) is 0 Å². The van der Waals surface area contributed by atoms with Gasteiger partial charge in [-0.2, -0.15) is 0 Å². The van der Waals surface area contributed by atoms with E-state index in [0.29, 0.717) is 6.54 Å². The zero-order valence-electron chi connectivity index (χ0n) is 7.20. The van der Waals surface area contributed by atoms with Crippen molar-refractivity contribution in [3.8, 4) is 0 Å². The molecule has 0 saturated carbocycles. The fourth-order valence-electron chi connectivity index (χ4n) is 1.01. The quantitative estimate of drug-likeness (QED) is 0.881. The largest absolute Gasteiger partial charge is 0.453 e. The van der Waals surface area contributed by atoms with Gasteiger partial charge in [0.15, 0.2) is 4.67 Å². The van der Waals surface area contributed by atoms with E-state index in [4.69, 9.17) is 15.9 Å². The Hall–Kier alpha value is -0.0300. The van der Waals surface area contributed by atoms with Gasteiger partial charge in [-0.05, 0) is 47.4 Å². The first kappa shape index (κ1) is 13.0. The van der Waals surface area contributed by atoms with Crippen molar-refractivity contribution in [1.82, 2.24) is 0 Å². The van der Waals surface area contributed by atoms with Gasteiger partial charge in [-0.15, -0.1) is 12.4 Å². The summed E-state index contributed by atoms with van der Waals surface area (Å²) in [5.74, 6) is 0.815. The zero-order valence-corrected chi connectivity index (χ0v) is 9.61. The minimum Gasteiger partial charge on any atom is -0.453 e. The van der Waals surface area contributed by atoms with E-state index >= 15 is 0 Å². The molecule has 0 aliphatic rings. The molecule has 3 nitrogen and oxygen atoms in total. The molecule has 1 aromatic rings. The fraction of sp³-hybridized carbons (Fsp3) is 0.500. The van der Waals surface area contributed by atoms with Crippen LogP contribution in [0, 0.1) is 0 Å². The normalized spacial score (nSPS) is 12.2. The molecule has 1 heterocycles. The molecule has 0 amide bonds. The lowest BCUT2D eigenvalue weighted by Crippen LogP contribution is -2.11. The summed E-state index contributed by atoms with van der Waals surface area (Å²) in [4.78, 5) is 0. The Morgan fingerprint density at radius 3 is 2.62 bits per heavy atom. The first-order chi connectivity index (χ1) is 5.74. The maximum Gasteiger partial charge on any atom is 0.169 e. The van der Waals surface area contributed by atoms with Crippen molar-refractivity contribution in [1.29, 1.82) is 0 Å². The third-order valence-corrected chi connectivity index (χ3v) is 2.10. The van der Waals surface area contributed by atoms with Gasteiger partial charge < -0.3 is 15.9 Å². The molecular formula is C8H14BrClN2O. The van der Waals surface area contributed by atoms with Gasteiger partial charge in [0.1, 0.15) is 5.76 Å². The van der Waals surface area contributed by atoms with Crippen molar-refractivity contribution in [3.63, 3.8) is 0 Å². The van der Waals surface area contributed by atoms with Gasteiger partial charge in [0.2, 0.25) is 0 Å². The van der Waals surface area contributed by atoms with Crippen LogP contribution in [0.3, 0.4) is 0 Å². The van der Waals surface area contributed by atoms with Crippen molar-refractivity contribution in [2.24, 2.45) is 11.5 Å². The van der Waals surface area contributed by atoms with Crippen LogP contribution >= 0.6 is 28.3 Å². The molecular weight excluding hydrogens is 255 g/mol. The molecule has 0 aromatic carbocycles. The van der Waals surface area contributed by atoms with Crippen molar-refractivity contribution in [2.45, 2.75) is 18.9 Å². The number of rotatable bonds is 4. The minimum absolute atomic E-state index is 0. The van der Waals surface area contributed by atoms with E-state index in [1.165, 1.54) is 0 Å². The summed E-state index contributed by atoms with van der Waals surface area (Å²) < 4.78 is 6.02. The van der Waals surface area contributed by atoms with E-state index in [2.05, 4.69) is 15.9 Å². The average molecular weight is 270 g/mol. The van der Waals surface area contributed by atoms with E-state index in [0.717, 1.165) is 23.3 Å². The van der Waals surface area contributed by atoms with Gasteiger partial charge in [0.25, 0.3) is 0 Å². The molecule has 5 heteroatoms. The Kier molecular flexibility index (Phi) is 6.41. The van der Waals surface area contributed by atoms with E-state index in [9.17, 15) is 0 Å². The van der Waals surface area contributed by atoms with Crippen LogP contribution < -0.4 is 11.5 Å². The van der Waals surface area contributed by atoms with Crippen LogP contribution in [0.15, 0.2) is 21.2 Å². The molecule has 1 aromatic heterocycles. The SMILES string of the molecule is Cl.NCCC[C@@H](N)c1ccc(Br)o1. The van der Waals surface area contributed by atoms with Crippen LogP contribution in [0.4, 0.5) is 0 Å². The second-order valence-electron chi connectivity index (χ2n) is 2.68. The predicted octanol–water partition coefficient (Wildman–Crippen LogP) is 2.20. The van der Waals surface area contributed by atoms with E-state index < -0.39 is 0 Å². The van der Waals surface area contributed by atoms with E-state index in [-0.39, 0.29) is 18.4 Å². The Labute approximate surface area is 92.4 Å². The van der Waals surface area contributed by atoms with Gasteiger partial charge in [0.05, 0.1) is 6.04 Å². The number of hydrogen-bond donors (Lipinski definition) is 2. The van der Waals surface area contributed by atoms with Crippen LogP contribution in [0.1, 0.15) is 24.6 Å². The lowest BCUT2D eigenvalue weighted by molar-refractivity contribution is 0.433. The topological polar surface area (TPSA) is 65.2 Å². The number of hydrogen-bond acceptors (Lipinski definition) is 3. The highest BCUT2D eigenvalue weighted by molar-refractivity contribution is 9.10. The summed E-state index contributed by atoms with van der Waals surface area (Å²) in [5.41, 5.74) is 11.2. The average Bonchev–Trinajstić information content (AvgIpc) is 2.47. The van der Waals surface area contributed by atoms with Crippen molar-refractivity contribution < 1.29 is 4.42 Å². The Bertz CT molecular complexity index is 242. The standard InChI is InChI=1S/C8H13BrN2O.ClH/c9-8-4-3-7(12-8)6(11)2-1-5-10;/h3-4,6H,1-2,5,10-11H2;1H/t6-;/m1./s1. The van der Waals surface area contributed by atoms with Crippen LogP contribution in [0.5, 0.6) is 0 Å². The predicted molar refractivity (Wildman–Crippen MR) is 58.9 cm³/mol. The molecule has 0 spiro atoms. The maximum atomic E-state index is 5.82. The molecule has 0 aliphatic heterocycles. The van der Waals surface area contributed by atoms with Gasteiger partial charge in [-0.25, -0.2) is 0 Å². The second-order valence-corrected chi connectivity index (χ2v) is 3.46. The van der Waals surface area contributed by atoms with Gasteiger partial charge in [-0.1, -0.05) is 0 Å². The number of halogens is 2. The highest BCUT2D eigenvalue weighted by Gasteiger charge is 2.08. The summed E-state index contributed by atoms with van der Waals surface area (Å²) in [5, 5.41) is 0. The maximum absolute atomic E-state index is 5.82. The Morgan fingerprint density at radius 1 is 1.46 bits per heavy atom. The lowest BCUT2D eigenvalue weighted by atomic mass is 10.1. The highest BCUT2D eigenvalue weighted by atomic mass is 79.9. The molecule has 0 unspecified atom stereocenters. The van der Waals surface area contributed by atoms with Gasteiger partial charge in [0, 0.05) is 0 Å². The zero-order chi connectivity index (χ0) is 8.97. The Balaban J connectivity index is 0.00000144. The molecule has 0 fully saturated rings. The van der Waals surface area contributed by atoms with Crippen LogP contribution in [-0.4, -0.2) is 6.54 Å². The third-order valence-electron chi connectivity index (χ3n) is 1.68. The summed E-state index contributed by atoms with van der Waals surface area (Å²) in [6.45, 7) is 0.676. The van der Waals surface area contributed by atoms with Crippen molar-refractivity contribution in [3.05, 3.63) is 22.6 Å². The highest BCUT2D eigenvalue weighted by Crippen LogP contribution is 2.21. The molecule has 13 heavy (non-hydrogen) atoms. The molecule has 0 aliphatic carbocycles. The van der Waals surface area contributed by atoms with E-state index in [1.54, 1.807) is 0 Å². The van der Waals surface area contributed by atoms with Crippen LogP contribution in [0.2, 0.25) is 0 Å². The number of nitrogens with two attached hydrogens (primary N) is 2. The fourth-order valence-corrected chi connectivity index (χ4v) is 1.33. The van der Waals surface area contributed by atoms with E-state index in [1.807, 2.05) is 12.1 Å². The smallest absolute Gasteiger partial charge is 0.169 e. The summed E-state index contributed by atoms with van der Waals surface area (Å²) >= 11 is 3.22. The molecule has 0 bridgehead atoms. The molecule has 0 radical (unpaired) electrons. The summed E-state index contributed by atoms with van der Waals surface area (Å²) in [6, 6.07) is 3.70. The molecule has 0 saturated heterocycles. The molecule has 1 atom stereocenters. The first-order valence-electron chi connectivity index (χ1n) is 3.95. The van der Waals surface area contributed by atoms with Crippen molar-refractivity contribution >= 4 is 28.3 Å². The van der Waals surface area contributed by atoms with Gasteiger partial charge >= 0.3 is 0 Å². The Morgan fingerprint density at radius 2 is 2.15 bits per heavy atom. The first-order valence-corrected chi connectivity index (χ1v) is 4.74. The molecule has 1 rings (SSSR count). The third kappa shape index (κ3) is 4.13. The molecule has 4 N–H and O–H groups in total. The number of furan rings is 1. The second kappa shape index (κ2) is 6.43. The lowest BCUT2D eigenvalue weighted by Gasteiger charge is -2.06. The molecule has 76 valence electrons. The summed E-state index contributed by atoms with van der Waals surface area (Å²) in [7, 11) is 0. The van der Waals surface area contributed by atoms with Crippen LogP contribution in [-0.2, 0) is 0 Å².